The van der Waals surface area contributed by atoms with Crippen LogP contribution in [0, 0.1) is 17.2 Å². The predicted molar refractivity (Wildman–Crippen MR) is 47.6 cm³/mol. The number of ether oxygens (including phenoxy) is 1. The van der Waals surface area contributed by atoms with Gasteiger partial charge in [-0.15, -0.1) is 0 Å². The highest BCUT2D eigenvalue weighted by Gasteiger charge is 2.28. The summed E-state index contributed by atoms with van der Waals surface area (Å²) >= 11 is 0. The van der Waals surface area contributed by atoms with E-state index in [0.717, 1.165) is 25.9 Å². The maximum Gasteiger partial charge on any atom is 0.0629 e. The van der Waals surface area contributed by atoms with E-state index in [9.17, 15) is 0 Å². The second-order valence-electron chi connectivity index (χ2n) is 4.16. The summed E-state index contributed by atoms with van der Waals surface area (Å²) in [5.74, 6) is 0.702. The predicted octanol–water partition coefficient (Wildman–Crippen LogP) is 2.50. The van der Waals surface area contributed by atoms with Crippen molar-refractivity contribution in [2.24, 2.45) is 5.92 Å². The zero-order valence-electron chi connectivity index (χ0n) is 7.97. The van der Waals surface area contributed by atoms with Crippen molar-refractivity contribution in [3.63, 3.8) is 0 Å². The fourth-order valence-corrected chi connectivity index (χ4v) is 1.87. The summed E-state index contributed by atoms with van der Waals surface area (Å²) in [5, 5.41) is 8.45. The average molecular weight is 167 g/mol. The molecule has 1 atom stereocenters. The number of nitriles is 1. The summed E-state index contributed by atoms with van der Waals surface area (Å²) in [5.41, 5.74) is 0.0401. The van der Waals surface area contributed by atoms with Crippen molar-refractivity contribution in [1.29, 1.82) is 5.26 Å². The lowest BCUT2D eigenvalue weighted by molar-refractivity contribution is -0.0732. The van der Waals surface area contributed by atoms with Crippen LogP contribution in [0.2, 0.25) is 0 Å². The van der Waals surface area contributed by atoms with Gasteiger partial charge in [-0.3, -0.25) is 0 Å². The molecule has 0 spiro atoms. The van der Waals surface area contributed by atoms with Crippen molar-refractivity contribution in [3.05, 3.63) is 0 Å². The van der Waals surface area contributed by atoms with Gasteiger partial charge in [0.05, 0.1) is 11.7 Å². The van der Waals surface area contributed by atoms with Gasteiger partial charge in [0.25, 0.3) is 0 Å². The Hall–Kier alpha value is -0.550. The van der Waals surface area contributed by atoms with Crippen LogP contribution in [0.5, 0.6) is 0 Å². The second-order valence-corrected chi connectivity index (χ2v) is 4.16. The molecular weight excluding hydrogens is 150 g/mol. The first kappa shape index (κ1) is 9.54. The normalized spacial score (nSPS) is 27.9. The zero-order valence-corrected chi connectivity index (χ0v) is 7.97. The molecular formula is C10H17NO. The highest BCUT2D eigenvalue weighted by Crippen LogP contribution is 2.30. The lowest BCUT2D eigenvalue weighted by Crippen LogP contribution is -2.33. The van der Waals surface area contributed by atoms with E-state index < -0.39 is 0 Å². The SMILES string of the molecule is CC1(C)CC(CCC#N)CCO1. The van der Waals surface area contributed by atoms with Crippen LogP contribution in [0.15, 0.2) is 0 Å². The minimum atomic E-state index is 0.0401. The van der Waals surface area contributed by atoms with Gasteiger partial charge in [-0.05, 0) is 39.0 Å². The molecule has 0 bridgehead atoms. The molecule has 0 aliphatic carbocycles. The van der Waals surface area contributed by atoms with Gasteiger partial charge in [0.1, 0.15) is 0 Å². The molecule has 1 saturated heterocycles. The van der Waals surface area contributed by atoms with Gasteiger partial charge in [-0.1, -0.05) is 0 Å². The molecule has 1 rings (SSSR count). The first-order valence-electron chi connectivity index (χ1n) is 4.65. The number of nitrogens with zero attached hydrogens (tertiary/aromatic N) is 1. The molecule has 0 radical (unpaired) electrons. The van der Waals surface area contributed by atoms with Gasteiger partial charge in [-0.2, -0.15) is 5.26 Å². The fourth-order valence-electron chi connectivity index (χ4n) is 1.87. The lowest BCUT2D eigenvalue weighted by atomic mass is 9.86. The Morgan fingerprint density at radius 2 is 2.33 bits per heavy atom. The largest absolute Gasteiger partial charge is 0.376 e. The second kappa shape index (κ2) is 3.91. The minimum Gasteiger partial charge on any atom is -0.376 e. The first-order valence-corrected chi connectivity index (χ1v) is 4.65. The molecule has 1 aliphatic rings. The highest BCUT2D eigenvalue weighted by molar-refractivity contribution is 4.81. The fraction of sp³-hybridized carbons (Fsp3) is 0.900. The molecule has 1 unspecified atom stereocenters. The van der Waals surface area contributed by atoms with E-state index >= 15 is 0 Å². The van der Waals surface area contributed by atoms with Crippen molar-refractivity contribution in [2.45, 2.75) is 45.1 Å². The molecule has 0 aromatic heterocycles. The van der Waals surface area contributed by atoms with Crippen LogP contribution >= 0.6 is 0 Å². The summed E-state index contributed by atoms with van der Waals surface area (Å²) in [6, 6.07) is 2.20. The van der Waals surface area contributed by atoms with Gasteiger partial charge >= 0.3 is 0 Å². The van der Waals surface area contributed by atoms with E-state index in [4.69, 9.17) is 10.00 Å². The molecule has 0 N–H and O–H groups in total. The summed E-state index contributed by atoms with van der Waals surface area (Å²) in [6.07, 6.45) is 3.98. The molecule has 1 aliphatic heterocycles. The summed E-state index contributed by atoms with van der Waals surface area (Å²) in [4.78, 5) is 0. The minimum absolute atomic E-state index is 0.0401. The van der Waals surface area contributed by atoms with E-state index in [1.165, 1.54) is 0 Å². The molecule has 0 amide bonds. The standard InChI is InChI=1S/C10H17NO/c1-10(2)8-9(4-3-6-11)5-7-12-10/h9H,3-5,7-8H2,1-2H3. The Morgan fingerprint density at radius 1 is 1.58 bits per heavy atom. The maximum atomic E-state index is 8.45. The molecule has 0 saturated carbocycles. The van der Waals surface area contributed by atoms with Crippen LogP contribution in [0.4, 0.5) is 0 Å². The van der Waals surface area contributed by atoms with Gasteiger partial charge in [0.15, 0.2) is 0 Å². The van der Waals surface area contributed by atoms with Gasteiger partial charge < -0.3 is 4.74 Å². The van der Waals surface area contributed by atoms with E-state index in [0.29, 0.717) is 12.3 Å². The number of rotatable bonds is 2. The van der Waals surface area contributed by atoms with Crippen LogP contribution in [-0.2, 0) is 4.74 Å². The lowest BCUT2D eigenvalue weighted by Gasteiger charge is -2.35. The van der Waals surface area contributed by atoms with E-state index in [1.54, 1.807) is 0 Å². The van der Waals surface area contributed by atoms with E-state index in [1.807, 2.05) is 0 Å². The van der Waals surface area contributed by atoms with Gasteiger partial charge in [-0.25, -0.2) is 0 Å². The smallest absolute Gasteiger partial charge is 0.0629 e. The zero-order chi connectivity index (χ0) is 9.03. The van der Waals surface area contributed by atoms with Crippen molar-refractivity contribution < 1.29 is 4.74 Å². The summed E-state index contributed by atoms with van der Waals surface area (Å²) < 4.78 is 5.59. The Bertz CT molecular complexity index is 181. The van der Waals surface area contributed by atoms with E-state index in [-0.39, 0.29) is 5.60 Å². The molecule has 0 aromatic rings. The third-order valence-electron chi connectivity index (χ3n) is 2.46. The van der Waals surface area contributed by atoms with Crippen molar-refractivity contribution in [2.75, 3.05) is 6.61 Å². The Morgan fingerprint density at radius 3 is 2.92 bits per heavy atom. The van der Waals surface area contributed by atoms with Crippen molar-refractivity contribution >= 4 is 0 Å². The van der Waals surface area contributed by atoms with Crippen LogP contribution in [-0.4, -0.2) is 12.2 Å². The van der Waals surface area contributed by atoms with E-state index in [2.05, 4.69) is 19.9 Å². The van der Waals surface area contributed by atoms with Crippen LogP contribution < -0.4 is 0 Å². The first-order chi connectivity index (χ1) is 5.64. The molecule has 0 aromatic carbocycles. The molecule has 1 fully saturated rings. The van der Waals surface area contributed by atoms with Crippen molar-refractivity contribution in [3.8, 4) is 6.07 Å². The van der Waals surface area contributed by atoms with Crippen LogP contribution in [0.1, 0.15) is 39.5 Å². The average Bonchev–Trinajstić information content (AvgIpc) is 1.99. The maximum absolute atomic E-state index is 8.45. The third kappa shape index (κ3) is 2.83. The van der Waals surface area contributed by atoms with Crippen molar-refractivity contribution in [1.82, 2.24) is 0 Å². The number of hydrogen-bond acceptors (Lipinski definition) is 2. The Kier molecular flexibility index (Phi) is 3.11. The number of hydrogen-bond donors (Lipinski definition) is 0. The Labute approximate surface area is 74.5 Å². The molecule has 2 nitrogen and oxygen atoms in total. The van der Waals surface area contributed by atoms with Gasteiger partial charge in [0, 0.05) is 13.0 Å². The van der Waals surface area contributed by atoms with Gasteiger partial charge in [0.2, 0.25) is 0 Å². The quantitative estimate of drug-likeness (QED) is 0.633. The highest BCUT2D eigenvalue weighted by atomic mass is 16.5. The molecule has 68 valence electrons. The van der Waals surface area contributed by atoms with Crippen LogP contribution in [0.3, 0.4) is 0 Å². The monoisotopic (exact) mass is 167 g/mol. The topological polar surface area (TPSA) is 33.0 Å². The summed E-state index contributed by atoms with van der Waals surface area (Å²) in [6.45, 7) is 5.13. The molecule has 12 heavy (non-hydrogen) atoms. The molecule has 2 heteroatoms. The Balaban J connectivity index is 2.32. The summed E-state index contributed by atoms with van der Waals surface area (Å²) in [7, 11) is 0. The molecule has 1 heterocycles. The third-order valence-corrected chi connectivity index (χ3v) is 2.46. The van der Waals surface area contributed by atoms with Crippen LogP contribution in [0.25, 0.3) is 0 Å².